The van der Waals surface area contributed by atoms with Crippen molar-refractivity contribution in [3.8, 4) is 11.5 Å². The first-order chi connectivity index (χ1) is 11.3. The molecule has 3 rings (SSSR count). The lowest BCUT2D eigenvalue weighted by molar-refractivity contribution is 0.109. The van der Waals surface area contributed by atoms with E-state index in [0.29, 0.717) is 19.8 Å². The largest absolute Gasteiger partial charge is 0.493 e. The quantitative estimate of drug-likeness (QED) is 0.887. The standard InChI is InChI=1S/C18H22N2O3/c1-3-23-17-5-4-13(8-18(17)21-2)10-19-15-9-14-12-22-7-6-16(14)20-11-15/h4-5,8-9,11,19H,3,6-7,10,12H2,1-2H3. The molecule has 0 aliphatic carbocycles. The van der Waals surface area contributed by atoms with Gasteiger partial charge in [0.15, 0.2) is 11.5 Å². The van der Waals surface area contributed by atoms with Crippen molar-refractivity contribution in [3.63, 3.8) is 0 Å². The molecule has 0 spiro atoms. The van der Waals surface area contributed by atoms with Gasteiger partial charge in [-0.1, -0.05) is 6.07 Å². The van der Waals surface area contributed by atoms with Gasteiger partial charge in [0.2, 0.25) is 0 Å². The van der Waals surface area contributed by atoms with E-state index in [0.717, 1.165) is 41.5 Å². The summed E-state index contributed by atoms with van der Waals surface area (Å²) in [5.41, 5.74) is 4.44. The molecule has 1 aromatic carbocycles. The fourth-order valence-corrected chi connectivity index (χ4v) is 2.64. The summed E-state index contributed by atoms with van der Waals surface area (Å²) in [4.78, 5) is 4.52. The molecule has 122 valence electrons. The van der Waals surface area contributed by atoms with E-state index in [4.69, 9.17) is 14.2 Å². The predicted octanol–water partition coefficient (Wildman–Crippen LogP) is 3.17. The second-order valence-corrected chi connectivity index (χ2v) is 5.40. The normalized spacial score (nSPS) is 13.3. The average molecular weight is 314 g/mol. The van der Waals surface area contributed by atoms with Crippen LogP contribution in [0.2, 0.25) is 0 Å². The summed E-state index contributed by atoms with van der Waals surface area (Å²) in [5.74, 6) is 1.52. The molecule has 0 fully saturated rings. The van der Waals surface area contributed by atoms with Crippen LogP contribution in [0.25, 0.3) is 0 Å². The summed E-state index contributed by atoms with van der Waals surface area (Å²) in [5, 5.41) is 3.40. The van der Waals surface area contributed by atoms with Crippen LogP contribution in [0.4, 0.5) is 5.69 Å². The van der Waals surface area contributed by atoms with Crippen LogP contribution in [0.3, 0.4) is 0 Å². The Morgan fingerprint density at radius 2 is 2.17 bits per heavy atom. The van der Waals surface area contributed by atoms with Gasteiger partial charge < -0.3 is 19.5 Å². The molecule has 0 atom stereocenters. The molecule has 0 saturated heterocycles. The number of aromatic nitrogens is 1. The third-order valence-corrected chi connectivity index (χ3v) is 3.83. The van der Waals surface area contributed by atoms with Crippen molar-refractivity contribution in [2.45, 2.75) is 26.5 Å². The van der Waals surface area contributed by atoms with Crippen LogP contribution in [-0.4, -0.2) is 25.3 Å². The molecule has 0 amide bonds. The highest BCUT2D eigenvalue weighted by Crippen LogP contribution is 2.28. The van der Waals surface area contributed by atoms with Crippen LogP contribution in [0.1, 0.15) is 23.7 Å². The lowest BCUT2D eigenvalue weighted by atomic mass is 10.1. The van der Waals surface area contributed by atoms with Crippen molar-refractivity contribution in [2.75, 3.05) is 25.6 Å². The zero-order valence-electron chi connectivity index (χ0n) is 13.6. The third kappa shape index (κ3) is 3.74. The van der Waals surface area contributed by atoms with Gasteiger partial charge in [-0.25, -0.2) is 0 Å². The van der Waals surface area contributed by atoms with E-state index in [1.807, 2.05) is 31.3 Å². The Hall–Kier alpha value is -2.27. The predicted molar refractivity (Wildman–Crippen MR) is 89.1 cm³/mol. The number of anilines is 1. The maximum Gasteiger partial charge on any atom is 0.161 e. The third-order valence-electron chi connectivity index (χ3n) is 3.83. The van der Waals surface area contributed by atoms with E-state index in [1.54, 1.807) is 7.11 Å². The van der Waals surface area contributed by atoms with Crippen molar-refractivity contribution in [3.05, 3.63) is 47.3 Å². The Bertz CT molecular complexity index is 673. The Labute approximate surface area is 136 Å². The van der Waals surface area contributed by atoms with Crippen LogP contribution in [-0.2, 0) is 24.3 Å². The molecule has 2 heterocycles. The SMILES string of the molecule is CCOc1ccc(CNc2cnc3c(c2)COCC3)cc1OC. The van der Waals surface area contributed by atoms with E-state index in [1.165, 1.54) is 5.56 Å². The van der Waals surface area contributed by atoms with Crippen LogP contribution >= 0.6 is 0 Å². The van der Waals surface area contributed by atoms with Crippen molar-refractivity contribution in [1.82, 2.24) is 4.98 Å². The number of fused-ring (bicyclic) bond motifs is 1. The lowest BCUT2D eigenvalue weighted by Crippen LogP contribution is -2.12. The second kappa shape index (κ2) is 7.33. The van der Waals surface area contributed by atoms with E-state index in [2.05, 4.69) is 16.4 Å². The van der Waals surface area contributed by atoms with E-state index < -0.39 is 0 Å². The van der Waals surface area contributed by atoms with Crippen molar-refractivity contribution in [2.24, 2.45) is 0 Å². The van der Waals surface area contributed by atoms with Crippen LogP contribution in [0, 0.1) is 0 Å². The fourth-order valence-electron chi connectivity index (χ4n) is 2.64. The van der Waals surface area contributed by atoms with Gasteiger partial charge in [0, 0.05) is 24.2 Å². The van der Waals surface area contributed by atoms with Crippen LogP contribution < -0.4 is 14.8 Å². The zero-order chi connectivity index (χ0) is 16.1. The maximum atomic E-state index is 5.54. The second-order valence-electron chi connectivity index (χ2n) is 5.40. The first-order valence-corrected chi connectivity index (χ1v) is 7.89. The lowest BCUT2D eigenvalue weighted by Gasteiger charge is -2.17. The van der Waals surface area contributed by atoms with E-state index in [9.17, 15) is 0 Å². The number of hydrogen-bond donors (Lipinski definition) is 1. The molecule has 5 nitrogen and oxygen atoms in total. The highest BCUT2D eigenvalue weighted by molar-refractivity contribution is 5.48. The molecule has 5 heteroatoms. The molecule has 23 heavy (non-hydrogen) atoms. The zero-order valence-corrected chi connectivity index (χ0v) is 13.6. The minimum Gasteiger partial charge on any atom is -0.493 e. The summed E-state index contributed by atoms with van der Waals surface area (Å²) >= 11 is 0. The van der Waals surface area contributed by atoms with Gasteiger partial charge in [0.1, 0.15) is 0 Å². The monoisotopic (exact) mass is 314 g/mol. The van der Waals surface area contributed by atoms with Gasteiger partial charge in [-0.05, 0) is 30.7 Å². The number of nitrogens with one attached hydrogen (secondary N) is 1. The molecule has 0 unspecified atom stereocenters. The Morgan fingerprint density at radius 3 is 3.00 bits per heavy atom. The fraction of sp³-hybridized carbons (Fsp3) is 0.389. The summed E-state index contributed by atoms with van der Waals surface area (Å²) in [6.45, 7) is 4.69. The minimum atomic E-state index is 0.622. The van der Waals surface area contributed by atoms with E-state index >= 15 is 0 Å². The van der Waals surface area contributed by atoms with Gasteiger partial charge in [0.25, 0.3) is 0 Å². The smallest absolute Gasteiger partial charge is 0.161 e. The number of pyridine rings is 1. The molecule has 1 aliphatic rings. The van der Waals surface area contributed by atoms with Gasteiger partial charge in [-0.15, -0.1) is 0 Å². The van der Waals surface area contributed by atoms with Crippen LogP contribution in [0.15, 0.2) is 30.5 Å². The number of ether oxygens (including phenoxy) is 3. The highest BCUT2D eigenvalue weighted by Gasteiger charge is 2.11. The number of hydrogen-bond acceptors (Lipinski definition) is 5. The molecule has 0 radical (unpaired) electrons. The molecule has 2 aromatic rings. The van der Waals surface area contributed by atoms with Crippen LogP contribution in [0.5, 0.6) is 11.5 Å². The average Bonchev–Trinajstić information content (AvgIpc) is 2.61. The first kappa shape index (κ1) is 15.6. The molecule has 0 bridgehead atoms. The Kier molecular flexibility index (Phi) is 4.98. The molecule has 1 aliphatic heterocycles. The molecule has 1 aromatic heterocycles. The Morgan fingerprint density at radius 1 is 1.26 bits per heavy atom. The van der Waals surface area contributed by atoms with E-state index in [-0.39, 0.29) is 0 Å². The number of nitrogens with zero attached hydrogens (tertiary/aromatic N) is 1. The molecule has 0 saturated carbocycles. The van der Waals surface area contributed by atoms with Crippen molar-refractivity contribution in [1.29, 1.82) is 0 Å². The summed E-state index contributed by atoms with van der Waals surface area (Å²) in [6, 6.07) is 8.09. The summed E-state index contributed by atoms with van der Waals surface area (Å²) in [6.07, 6.45) is 2.78. The summed E-state index contributed by atoms with van der Waals surface area (Å²) < 4.78 is 16.4. The van der Waals surface area contributed by atoms with Crippen molar-refractivity contribution >= 4 is 5.69 Å². The van der Waals surface area contributed by atoms with Crippen molar-refractivity contribution < 1.29 is 14.2 Å². The van der Waals surface area contributed by atoms with Gasteiger partial charge in [-0.2, -0.15) is 0 Å². The first-order valence-electron chi connectivity index (χ1n) is 7.89. The van der Waals surface area contributed by atoms with Gasteiger partial charge in [0.05, 0.1) is 38.8 Å². The maximum absolute atomic E-state index is 5.54. The Balaban J connectivity index is 1.68. The summed E-state index contributed by atoms with van der Waals surface area (Å²) in [7, 11) is 1.66. The van der Waals surface area contributed by atoms with Gasteiger partial charge in [-0.3, -0.25) is 4.98 Å². The highest BCUT2D eigenvalue weighted by atomic mass is 16.5. The minimum absolute atomic E-state index is 0.622. The number of benzene rings is 1. The molecular formula is C18H22N2O3. The number of rotatable bonds is 6. The molecule has 1 N–H and O–H groups in total. The molecular weight excluding hydrogens is 292 g/mol. The number of methoxy groups -OCH3 is 1. The topological polar surface area (TPSA) is 52.6 Å². The van der Waals surface area contributed by atoms with Gasteiger partial charge >= 0.3 is 0 Å².